The van der Waals surface area contributed by atoms with E-state index in [1.165, 1.54) is 13.8 Å². The molecule has 64 heavy (non-hydrogen) atoms. The van der Waals surface area contributed by atoms with Gasteiger partial charge in [-0.1, -0.05) is 152 Å². The van der Waals surface area contributed by atoms with Crippen molar-refractivity contribution in [1.82, 2.24) is 5.32 Å². The molecule has 2 saturated heterocycles. The molecule has 10 atom stereocenters. The third-order valence-electron chi connectivity index (χ3n) is 10.9. The van der Waals surface area contributed by atoms with Crippen molar-refractivity contribution < 1.29 is 57.3 Å². The molecule has 0 saturated carbocycles. The monoisotopic (exact) mass is 875 g/mol. The van der Waals surface area contributed by atoms with Gasteiger partial charge in [0.2, 0.25) is 5.91 Å². The van der Waals surface area contributed by atoms with Crippen molar-refractivity contribution in [1.29, 1.82) is 0 Å². The number of amides is 1. The van der Waals surface area contributed by atoms with Crippen LogP contribution in [0.1, 0.15) is 41.7 Å². The van der Waals surface area contributed by atoms with E-state index < -0.39 is 73.2 Å². The fourth-order valence-electron chi connectivity index (χ4n) is 7.82. The van der Waals surface area contributed by atoms with E-state index >= 15 is 0 Å². The highest BCUT2D eigenvalue weighted by Crippen LogP contribution is 2.35. The van der Waals surface area contributed by atoms with E-state index in [4.69, 9.17) is 42.6 Å². The number of ether oxygens (including phenoxy) is 9. The zero-order chi connectivity index (χ0) is 44.5. The van der Waals surface area contributed by atoms with E-state index in [1.807, 2.05) is 152 Å². The molecule has 0 bridgehead atoms. The number of carbonyl (C=O) groups is 2. The van der Waals surface area contributed by atoms with Crippen LogP contribution in [-0.2, 0) is 85.3 Å². The van der Waals surface area contributed by atoms with Crippen LogP contribution in [0, 0.1) is 0 Å². The molecule has 0 radical (unpaired) electrons. The van der Waals surface area contributed by atoms with Crippen LogP contribution >= 0.6 is 0 Å². The van der Waals surface area contributed by atoms with Gasteiger partial charge in [-0.25, -0.2) is 0 Å². The van der Waals surface area contributed by atoms with Crippen LogP contribution < -0.4 is 5.32 Å². The summed E-state index contributed by atoms with van der Waals surface area (Å²) in [4.78, 5) is 25.9. The fourth-order valence-corrected chi connectivity index (χ4v) is 7.82. The summed E-state index contributed by atoms with van der Waals surface area (Å²) in [6.45, 7) is 3.58. The quantitative estimate of drug-likeness (QED) is 0.0782. The number of aliphatic hydroxyl groups excluding tert-OH is 1. The number of hydrogen-bond donors (Lipinski definition) is 2. The minimum atomic E-state index is -1.51. The third-order valence-corrected chi connectivity index (χ3v) is 10.9. The van der Waals surface area contributed by atoms with Crippen molar-refractivity contribution in [2.24, 2.45) is 0 Å². The van der Waals surface area contributed by atoms with Gasteiger partial charge < -0.3 is 53.1 Å². The Hall–Kier alpha value is -5.32. The number of esters is 1. The third kappa shape index (κ3) is 13.6. The highest BCUT2D eigenvalue weighted by Gasteiger charge is 2.54. The first-order chi connectivity index (χ1) is 31.3. The van der Waals surface area contributed by atoms with Crippen molar-refractivity contribution >= 4 is 11.9 Å². The molecule has 2 N–H and O–H groups in total. The van der Waals surface area contributed by atoms with E-state index in [0.717, 1.165) is 27.8 Å². The molecule has 0 unspecified atom stereocenters. The Morgan fingerprint density at radius 3 is 1.31 bits per heavy atom. The van der Waals surface area contributed by atoms with Gasteiger partial charge in [0.25, 0.3) is 0 Å². The van der Waals surface area contributed by atoms with Gasteiger partial charge in [-0.2, -0.15) is 0 Å². The SMILES string of the molecule is CC(=O)N[C@@H]1[C@@H](OCc2ccccc2)[C@H](O[C@@H]2O[C@H](COCc3ccccc3)[C@@H](OCc3ccccc3)[C@H](OCc3ccccc3)[C@H]2OC(C)=O)[C@@H](COCc2ccccc2)O[C@@H]1O. The van der Waals surface area contributed by atoms with Crippen molar-refractivity contribution in [3.63, 3.8) is 0 Å². The summed E-state index contributed by atoms with van der Waals surface area (Å²) in [5.41, 5.74) is 4.52. The van der Waals surface area contributed by atoms with E-state index in [2.05, 4.69) is 5.32 Å². The van der Waals surface area contributed by atoms with E-state index in [1.54, 1.807) is 0 Å². The largest absolute Gasteiger partial charge is 0.454 e. The Morgan fingerprint density at radius 2 is 0.891 bits per heavy atom. The minimum absolute atomic E-state index is 0.0398. The molecule has 0 aliphatic carbocycles. The standard InChI is InChI=1S/C51H57NO12/c1-35(53)52-44-47(59-31-40-24-14-6-15-25-40)46(43(62-50(44)55)34-57-29-38-20-10-4-11-21-38)64-51-49(61-36(2)54)48(60-32-41-26-16-7-17-27-41)45(58-30-39-22-12-5-13-23-39)42(63-51)33-56-28-37-18-8-3-9-19-37/h3-27,42-51,55H,28-34H2,1-2H3,(H,52,53)/t42-,43-,44-,45-,46-,47-,48+,49-,50+,51+/m1/s1. The van der Waals surface area contributed by atoms with Gasteiger partial charge in [-0.3, -0.25) is 9.59 Å². The second-order valence-electron chi connectivity index (χ2n) is 15.8. The van der Waals surface area contributed by atoms with Gasteiger partial charge >= 0.3 is 5.97 Å². The van der Waals surface area contributed by atoms with Crippen LogP contribution in [0.5, 0.6) is 0 Å². The van der Waals surface area contributed by atoms with Gasteiger partial charge in [0.15, 0.2) is 18.7 Å². The Labute approximate surface area is 374 Å². The summed E-state index contributed by atoms with van der Waals surface area (Å²) in [6.07, 6.45) is -9.80. The zero-order valence-electron chi connectivity index (χ0n) is 36.1. The maximum absolute atomic E-state index is 13.1. The molecule has 2 aliphatic heterocycles. The first kappa shape index (κ1) is 46.7. The predicted molar refractivity (Wildman–Crippen MR) is 235 cm³/mol. The maximum Gasteiger partial charge on any atom is 0.303 e. The molecule has 13 nitrogen and oxygen atoms in total. The second-order valence-corrected chi connectivity index (χ2v) is 15.8. The summed E-state index contributed by atoms with van der Waals surface area (Å²) < 4.78 is 58.9. The Balaban J connectivity index is 1.25. The molecule has 5 aromatic carbocycles. The Kier molecular flexibility index (Phi) is 17.6. The highest BCUT2D eigenvalue weighted by atomic mass is 16.7. The molecule has 2 aliphatic rings. The lowest BCUT2D eigenvalue weighted by atomic mass is 9.94. The molecule has 0 spiro atoms. The van der Waals surface area contributed by atoms with Crippen LogP contribution in [-0.4, -0.2) is 91.5 Å². The Bertz CT molecular complexity index is 2120. The second kappa shape index (κ2) is 24.1. The van der Waals surface area contributed by atoms with E-state index in [9.17, 15) is 14.7 Å². The molecule has 2 fully saturated rings. The molecular weight excluding hydrogens is 819 g/mol. The van der Waals surface area contributed by atoms with Crippen molar-refractivity contribution in [2.75, 3.05) is 13.2 Å². The minimum Gasteiger partial charge on any atom is -0.454 e. The van der Waals surface area contributed by atoms with Crippen LogP contribution in [0.3, 0.4) is 0 Å². The summed E-state index contributed by atoms with van der Waals surface area (Å²) in [6, 6.07) is 47.1. The molecule has 13 heteroatoms. The number of carbonyl (C=O) groups excluding carboxylic acids is 2. The number of aliphatic hydroxyl groups is 1. The van der Waals surface area contributed by atoms with Gasteiger partial charge in [0, 0.05) is 13.8 Å². The normalized spacial score (nSPS) is 25.6. The molecule has 5 aromatic rings. The molecule has 338 valence electrons. The van der Waals surface area contributed by atoms with Crippen LogP contribution in [0.15, 0.2) is 152 Å². The van der Waals surface area contributed by atoms with E-state index in [0.29, 0.717) is 0 Å². The average molecular weight is 876 g/mol. The number of benzene rings is 5. The summed E-state index contributed by atoms with van der Waals surface area (Å²) >= 11 is 0. The lowest BCUT2D eigenvalue weighted by molar-refractivity contribution is -0.358. The smallest absolute Gasteiger partial charge is 0.303 e. The first-order valence-corrected chi connectivity index (χ1v) is 21.6. The lowest BCUT2D eigenvalue weighted by Crippen LogP contribution is -2.68. The average Bonchev–Trinajstić information content (AvgIpc) is 3.31. The lowest BCUT2D eigenvalue weighted by Gasteiger charge is -2.49. The summed E-state index contributed by atoms with van der Waals surface area (Å²) in [7, 11) is 0. The van der Waals surface area contributed by atoms with Crippen molar-refractivity contribution in [2.45, 2.75) is 108 Å². The topological polar surface area (TPSA) is 149 Å². The molecule has 2 heterocycles. The molecule has 7 rings (SSSR count). The Morgan fingerprint density at radius 1 is 0.500 bits per heavy atom. The molecular formula is C51H57NO12. The van der Waals surface area contributed by atoms with Crippen LogP contribution in [0.4, 0.5) is 0 Å². The van der Waals surface area contributed by atoms with Crippen molar-refractivity contribution in [3.8, 4) is 0 Å². The number of rotatable bonds is 21. The summed E-state index contributed by atoms with van der Waals surface area (Å²) in [5.74, 6) is -1.03. The first-order valence-electron chi connectivity index (χ1n) is 21.6. The van der Waals surface area contributed by atoms with Crippen LogP contribution in [0.25, 0.3) is 0 Å². The molecule has 0 aromatic heterocycles. The number of nitrogens with one attached hydrogen (secondary N) is 1. The van der Waals surface area contributed by atoms with Gasteiger partial charge in [0.05, 0.1) is 46.2 Å². The fraction of sp³-hybridized carbons (Fsp3) is 0.373. The van der Waals surface area contributed by atoms with Gasteiger partial charge in [-0.05, 0) is 27.8 Å². The summed E-state index contributed by atoms with van der Waals surface area (Å²) in [5, 5.41) is 14.3. The van der Waals surface area contributed by atoms with Crippen LogP contribution in [0.2, 0.25) is 0 Å². The zero-order valence-corrected chi connectivity index (χ0v) is 36.1. The van der Waals surface area contributed by atoms with Gasteiger partial charge in [0.1, 0.15) is 42.7 Å². The maximum atomic E-state index is 13.1. The predicted octanol–water partition coefficient (Wildman–Crippen LogP) is 6.44. The molecule has 1 amide bonds. The van der Waals surface area contributed by atoms with Gasteiger partial charge in [-0.15, -0.1) is 0 Å². The number of hydrogen-bond acceptors (Lipinski definition) is 12. The van der Waals surface area contributed by atoms with E-state index in [-0.39, 0.29) is 46.2 Å². The van der Waals surface area contributed by atoms with Crippen molar-refractivity contribution in [3.05, 3.63) is 179 Å². The highest BCUT2D eigenvalue weighted by molar-refractivity contribution is 5.73.